The number of Topliss-reactive ketones (excluding diaryl/α,β-unsaturated/α-hetero) is 1. The average molecular weight is 195 g/mol. The van der Waals surface area contributed by atoms with Gasteiger partial charge in [-0.25, -0.2) is 0 Å². The van der Waals surface area contributed by atoms with Crippen LogP contribution in [0.5, 0.6) is 0 Å². The minimum Gasteiger partial charge on any atom is -0.319 e. The highest BCUT2D eigenvalue weighted by atomic mass is 16.1. The molecule has 2 nitrogen and oxygen atoms in total. The Morgan fingerprint density at radius 3 is 2.14 bits per heavy atom. The first-order valence-electron chi connectivity index (χ1n) is 6.06. The molecule has 0 amide bonds. The van der Waals surface area contributed by atoms with Gasteiger partial charge < -0.3 is 5.73 Å². The van der Waals surface area contributed by atoms with Gasteiger partial charge in [0, 0.05) is 5.92 Å². The molecule has 2 aliphatic carbocycles. The van der Waals surface area contributed by atoms with Crippen LogP contribution in [0.1, 0.15) is 57.8 Å². The van der Waals surface area contributed by atoms with Gasteiger partial charge in [0.2, 0.25) is 0 Å². The second-order valence-corrected chi connectivity index (χ2v) is 5.06. The summed E-state index contributed by atoms with van der Waals surface area (Å²) in [5.74, 6) is 0.688. The lowest BCUT2D eigenvalue weighted by Crippen LogP contribution is -2.51. The highest BCUT2D eigenvalue weighted by Crippen LogP contribution is 2.34. The first-order chi connectivity index (χ1) is 6.72. The maximum Gasteiger partial charge on any atom is 0.155 e. The van der Waals surface area contributed by atoms with Gasteiger partial charge in [-0.3, -0.25) is 4.79 Å². The molecule has 2 heteroatoms. The summed E-state index contributed by atoms with van der Waals surface area (Å²) in [4.78, 5) is 12.2. The van der Waals surface area contributed by atoms with Gasteiger partial charge in [0.15, 0.2) is 5.78 Å². The van der Waals surface area contributed by atoms with Crippen LogP contribution >= 0.6 is 0 Å². The number of hydrogen-bond acceptors (Lipinski definition) is 2. The van der Waals surface area contributed by atoms with Crippen molar-refractivity contribution in [2.24, 2.45) is 11.7 Å². The Labute approximate surface area is 86.2 Å². The lowest BCUT2D eigenvalue weighted by Gasteiger charge is -2.33. The molecule has 0 aliphatic heterocycles. The molecular formula is C12H21NO. The van der Waals surface area contributed by atoms with Crippen molar-refractivity contribution in [3.63, 3.8) is 0 Å². The van der Waals surface area contributed by atoms with E-state index < -0.39 is 5.54 Å². The number of hydrogen-bond donors (Lipinski definition) is 1. The quantitative estimate of drug-likeness (QED) is 0.735. The monoisotopic (exact) mass is 195 g/mol. The summed E-state index contributed by atoms with van der Waals surface area (Å²) in [7, 11) is 0. The third-order valence-electron chi connectivity index (χ3n) is 3.96. The lowest BCUT2D eigenvalue weighted by molar-refractivity contribution is -0.129. The molecule has 14 heavy (non-hydrogen) atoms. The molecule has 0 aromatic heterocycles. The van der Waals surface area contributed by atoms with E-state index >= 15 is 0 Å². The van der Waals surface area contributed by atoms with Crippen molar-refractivity contribution in [2.75, 3.05) is 0 Å². The number of nitrogens with two attached hydrogens (primary N) is 1. The van der Waals surface area contributed by atoms with Crippen molar-refractivity contribution < 1.29 is 4.79 Å². The molecule has 0 spiro atoms. The molecule has 2 saturated carbocycles. The normalized spacial score (nSPS) is 27.8. The van der Waals surface area contributed by atoms with E-state index in [0.29, 0.717) is 11.7 Å². The topological polar surface area (TPSA) is 43.1 Å². The Morgan fingerprint density at radius 2 is 1.57 bits per heavy atom. The van der Waals surface area contributed by atoms with E-state index in [4.69, 9.17) is 5.73 Å². The molecule has 2 rings (SSSR count). The maximum atomic E-state index is 12.2. The lowest BCUT2D eigenvalue weighted by atomic mass is 9.75. The molecule has 2 aliphatic rings. The summed E-state index contributed by atoms with van der Waals surface area (Å²) >= 11 is 0. The Morgan fingerprint density at radius 1 is 1.00 bits per heavy atom. The highest BCUT2D eigenvalue weighted by molar-refractivity contribution is 5.90. The molecular weight excluding hydrogens is 174 g/mol. The van der Waals surface area contributed by atoms with Gasteiger partial charge in [-0.15, -0.1) is 0 Å². The van der Waals surface area contributed by atoms with Gasteiger partial charge in [0.1, 0.15) is 0 Å². The molecule has 2 fully saturated rings. The number of ketones is 1. The van der Waals surface area contributed by atoms with Crippen molar-refractivity contribution in [3.05, 3.63) is 0 Å². The third-order valence-corrected chi connectivity index (χ3v) is 3.96. The van der Waals surface area contributed by atoms with Crippen LogP contribution in [-0.2, 0) is 4.79 Å². The number of carbonyl (C=O) groups excluding carboxylic acids is 1. The Hall–Kier alpha value is -0.370. The minimum absolute atomic E-state index is 0.304. The van der Waals surface area contributed by atoms with E-state index in [2.05, 4.69) is 0 Å². The van der Waals surface area contributed by atoms with Crippen LogP contribution < -0.4 is 5.73 Å². The van der Waals surface area contributed by atoms with Crippen LogP contribution in [0.15, 0.2) is 0 Å². The van der Waals surface area contributed by atoms with Gasteiger partial charge in [-0.2, -0.15) is 0 Å². The highest BCUT2D eigenvalue weighted by Gasteiger charge is 2.39. The summed E-state index contributed by atoms with van der Waals surface area (Å²) < 4.78 is 0. The zero-order chi connectivity index (χ0) is 10.0. The van der Waals surface area contributed by atoms with Crippen LogP contribution in [0.4, 0.5) is 0 Å². The Kier molecular flexibility index (Phi) is 2.91. The van der Waals surface area contributed by atoms with Crippen molar-refractivity contribution in [1.82, 2.24) is 0 Å². The molecule has 80 valence electrons. The van der Waals surface area contributed by atoms with Crippen molar-refractivity contribution in [2.45, 2.75) is 63.3 Å². The van der Waals surface area contributed by atoms with Crippen LogP contribution in [-0.4, -0.2) is 11.3 Å². The molecule has 0 unspecified atom stereocenters. The fourth-order valence-corrected chi connectivity index (χ4v) is 3.02. The molecule has 0 aromatic carbocycles. The second kappa shape index (κ2) is 4.01. The van der Waals surface area contributed by atoms with Crippen molar-refractivity contribution in [1.29, 1.82) is 0 Å². The zero-order valence-corrected chi connectivity index (χ0v) is 8.93. The van der Waals surface area contributed by atoms with Crippen LogP contribution in [0.25, 0.3) is 0 Å². The first-order valence-corrected chi connectivity index (χ1v) is 6.06. The number of carbonyl (C=O) groups is 1. The molecule has 0 aromatic rings. The second-order valence-electron chi connectivity index (χ2n) is 5.06. The van der Waals surface area contributed by atoms with Gasteiger partial charge >= 0.3 is 0 Å². The zero-order valence-electron chi connectivity index (χ0n) is 8.93. The molecule has 0 saturated heterocycles. The molecule has 0 atom stereocenters. The molecule has 0 bridgehead atoms. The predicted molar refractivity (Wildman–Crippen MR) is 57.0 cm³/mol. The van der Waals surface area contributed by atoms with Crippen LogP contribution in [0.2, 0.25) is 0 Å². The molecule has 2 N–H and O–H groups in total. The fourth-order valence-electron chi connectivity index (χ4n) is 3.02. The van der Waals surface area contributed by atoms with Crippen molar-refractivity contribution >= 4 is 5.78 Å². The van der Waals surface area contributed by atoms with E-state index in [1.807, 2.05) is 0 Å². The summed E-state index contributed by atoms with van der Waals surface area (Å²) in [6, 6.07) is 0. The van der Waals surface area contributed by atoms with Crippen LogP contribution in [0.3, 0.4) is 0 Å². The number of rotatable bonds is 2. The summed E-state index contributed by atoms with van der Waals surface area (Å²) in [6.07, 6.45) is 10.1. The van der Waals surface area contributed by atoms with Crippen LogP contribution in [0, 0.1) is 5.92 Å². The molecule has 0 heterocycles. The average Bonchev–Trinajstić information content (AvgIpc) is 2.70. The summed E-state index contributed by atoms with van der Waals surface area (Å²) in [5, 5.41) is 0. The van der Waals surface area contributed by atoms with E-state index in [9.17, 15) is 4.79 Å². The standard InChI is InChI=1S/C12H21NO/c13-12(8-4-1-5-9-12)11(14)10-6-2-3-7-10/h10H,1-9,13H2. The Bertz CT molecular complexity index is 212. The third kappa shape index (κ3) is 1.85. The maximum absolute atomic E-state index is 12.2. The summed E-state index contributed by atoms with van der Waals surface area (Å²) in [6.45, 7) is 0. The smallest absolute Gasteiger partial charge is 0.155 e. The van der Waals surface area contributed by atoms with E-state index in [0.717, 1.165) is 38.5 Å². The van der Waals surface area contributed by atoms with Gasteiger partial charge in [-0.05, 0) is 25.7 Å². The van der Waals surface area contributed by atoms with E-state index in [1.54, 1.807) is 0 Å². The van der Waals surface area contributed by atoms with Crippen molar-refractivity contribution in [3.8, 4) is 0 Å². The van der Waals surface area contributed by atoms with E-state index in [1.165, 1.54) is 19.3 Å². The van der Waals surface area contributed by atoms with Gasteiger partial charge in [0.05, 0.1) is 5.54 Å². The molecule has 0 radical (unpaired) electrons. The van der Waals surface area contributed by atoms with Gasteiger partial charge in [0.25, 0.3) is 0 Å². The largest absolute Gasteiger partial charge is 0.319 e. The van der Waals surface area contributed by atoms with Gasteiger partial charge in [-0.1, -0.05) is 32.1 Å². The predicted octanol–water partition coefficient (Wildman–Crippen LogP) is 2.41. The fraction of sp³-hybridized carbons (Fsp3) is 0.917. The summed E-state index contributed by atoms with van der Waals surface area (Å²) in [5.41, 5.74) is 5.80. The minimum atomic E-state index is -0.437. The Balaban J connectivity index is 2.00. The SMILES string of the molecule is NC1(C(=O)C2CCCC2)CCCCC1. The van der Waals surface area contributed by atoms with E-state index in [-0.39, 0.29) is 0 Å². The first kappa shape index (κ1) is 10.2.